The highest BCUT2D eigenvalue weighted by Gasteiger charge is 2.37. The lowest BCUT2D eigenvalue weighted by Gasteiger charge is -2.39. The number of carbonyl (C=O) groups is 1. The van der Waals surface area contributed by atoms with Crippen molar-refractivity contribution in [3.63, 3.8) is 0 Å². The largest absolute Gasteiger partial charge is 0.496 e. The Bertz CT molecular complexity index is 672. The van der Waals surface area contributed by atoms with Crippen molar-refractivity contribution < 1.29 is 9.53 Å². The summed E-state index contributed by atoms with van der Waals surface area (Å²) in [6.07, 6.45) is 1.89. The molecule has 4 nitrogen and oxygen atoms in total. The summed E-state index contributed by atoms with van der Waals surface area (Å²) in [6.45, 7) is 11.8. The number of ether oxygens (including phenoxy) is 1. The first-order chi connectivity index (χ1) is 10.2. The number of hydrogen-bond acceptors (Lipinski definition) is 3. The lowest BCUT2D eigenvalue weighted by atomic mass is 9.92. The predicted molar refractivity (Wildman–Crippen MR) is 92.1 cm³/mol. The molecule has 4 heteroatoms. The molecule has 0 atom stereocenters. The fourth-order valence-corrected chi connectivity index (χ4v) is 3.02. The van der Waals surface area contributed by atoms with E-state index in [0.717, 1.165) is 33.8 Å². The van der Waals surface area contributed by atoms with Crippen molar-refractivity contribution in [3.8, 4) is 0 Å². The van der Waals surface area contributed by atoms with Gasteiger partial charge in [0.1, 0.15) is 11.3 Å². The molecular formula is C18H24N2O2. The quantitative estimate of drug-likeness (QED) is 0.683. The van der Waals surface area contributed by atoms with E-state index in [9.17, 15) is 4.79 Å². The maximum Gasteiger partial charge on any atom is 0.251 e. The van der Waals surface area contributed by atoms with Crippen molar-refractivity contribution in [1.29, 1.82) is 0 Å². The molecule has 1 aromatic rings. The zero-order valence-corrected chi connectivity index (χ0v) is 14.2. The number of benzene rings is 1. The van der Waals surface area contributed by atoms with E-state index < -0.39 is 5.54 Å². The summed E-state index contributed by atoms with van der Waals surface area (Å²) < 4.78 is 5.36. The maximum absolute atomic E-state index is 12.5. The molecule has 1 heterocycles. The Labute approximate surface area is 132 Å². The minimum atomic E-state index is -0.603. The molecule has 0 bridgehead atoms. The monoisotopic (exact) mass is 300 g/mol. The Balaban J connectivity index is 2.58. The van der Waals surface area contributed by atoms with Gasteiger partial charge in [0.2, 0.25) is 0 Å². The predicted octanol–water partition coefficient (Wildman–Crippen LogP) is 3.73. The highest BCUT2D eigenvalue weighted by Crippen LogP contribution is 2.40. The van der Waals surface area contributed by atoms with E-state index in [2.05, 4.69) is 11.9 Å². The second-order valence-electron chi connectivity index (χ2n) is 6.08. The Morgan fingerprint density at radius 3 is 2.59 bits per heavy atom. The van der Waals surface area contributed by atoms with Crippen molar-refractivity contribution in [2.24, 2.45) is 0 Å². The molecule has 0 aromatic heterocycles. The Morgan fingerprint density at radius 1 is 1.41 bits per heavy atom. The molecule has 0 radical (unpaired) electrons. The fraction of sp³-hybridized carbons (Fsp3) is 0.389. The standard InChI is InChI=1S/C18H24N2O2/c1-8-15(22-7)11(2)13-9-10-14-16(12(13)3)20(6)17(21)18(4,5)19-14/h8-10,19H,2H2,1,3-7H3/b15-8+. The van der Waals surface area contributed by atoms with Crippen molar-refractivity contribution in [2.75, 3.05) is 24.4 Å². The van der Waals surface area contributed by atoms with Gasteiger partial charge in [-0.25, -0.2) is 0 Å². The van der Waals surface area contributed by atoms with Gasteiger partial charge in [0.05, 0.1) is 18.5 Å². The molecule has 1 amide bonds. The fourth-order valence-electron chi connectivity index (χ4n) is 3.02. The summed E-state index contributed by atoms with van der Waals surface area (Å²) in [6, 6.07) is 4.02. The van der Waals surface area contributed by atoms with Gasteiger partial charge in [0.15, 0.2) is 0 Å². The third-order valence-electron chi connectivity index (χ3n) is 4.16. The third kappa shape index (κ3) is 2.39. The van der Waals surface area contributed by atoms with E-state index in [1.165, 1.54) is 0 Å². The lowest BCUT2D eigenvalue weighted by Crippen LogP contribution is -2.52. The number of rotatable bonds is 3. The van der Waals surface area contributed by atoms with E-state index in [4.69, 9.17) is 4.74 Å². The van der Waals surface area contributed by atoms with Crippen LogP contribution in [0, 0.1) is 6.92 Å². The van der Waals surface area contributed by atoms with Crippen LogP contribution in [0.5, 0.6) is 0 Å². The summed E-state index contributed by atoms with van der Waals surface area (Å²) >= 11 is 0. The number of allylic oxidation sites excluding steroid dienone is 2. The highest BCUT2D eigenvalue weighted by molar-refractivity contribution is 6.08. The molecule has 22 heavy (non-hydrogen) atoms. The van der Waals surface area contributed by atoms with Crippen LogP contribution >= 0.6 is 0 Å². The van der Waals surface area contributed by atoms with E-state index in [1.54, 1.807) is 12.0 Å². The molecule has 0 saturated heterocycles. The summed E-state index contributed by atoms with van der Waals surface area (Å²) in [5, 5.41) is 3.31. The van der Waals surface area contributed by atoms with Gasteiger partial charge in [0, 0.05) is 12.6 Å². The summed E-state index contributed by atoms with van der Waals surface area (Å²) in [5.41, 5.74) is 4.06. The van der Waals surface area contributed by atoms with Gasteiger partial charge >= 0.3 is 0 Å². The van der Waals surface area contributed by atoms with Gasteiger partial charge in [0.25, 0.3) is 5.91 Å². The number of hydrogen-bond donors (Lipinski definition) is 1. The van der Waals surface area contributed by atoms with Crippen LogP contribution in [-0.2, 0) is 9.53 Å². The molecule has 118 valence electrons. The molecule has 0 aliphatic carbocycles. The molecule has 0 unspecified atom stereocenters. The van der Waals surface area contributed by atoms with Crippen LogP contribution in [0.2, 0.25) is 0 Å². The summed E-state index contributed by atoms with van der Waals surface area (Å²) in [5.74, 6) is 0.782. The normalized spacial score (nSPS) is 16.9. The highest BCUT2D eigenvalue weighted by atomic mass is 16.5. The summed E-state index contributed by atoms with van der Waals surface area (Å²) in [7, 11) is 3.45. The van der Waals surface area contributed by atoms with Gasteiger partial charge in [-0.05, 0) is 51.0 Å². The van der Waals surface area contributed by atoms with E-state index >= 15 is 0 Å². The van der Waals surface area contributed by atoms with E-state index in [-0.39, 0.29) is 5.91 Å². The first-order valence-corrected chi connectivity index (χ1v) is 7.34. The molecule has 1 N–H and O–H groups in total. The number of carbonyl (C=O) groups excluding carboxylic acids is 1. The average molecular weight is 300 g/mol. The van der Waals surface area contributed by atoms with Crippen LogP contribution in [-0.4, -0.2) is 25.6 Å². The first-order valence-electron chi connectivity index (χ1n) is 7.34. The number of nitrogens with zero attached hydrogens (tertiary/aromatic N) is 1. The van der Waals surface area contributed by atoms with Crippen molar-refractivity contribution in [1.82, 2.24) is 0 Å². The minimum Gasteiger partial charge on any atom is -0.496 e. The van der Waals surface area contributed by atoms with Gasteiger partial charge < -0.3 is 15.0 Å². The van der Waals surface area contributed by atoms with Gasteiger partial charge in [-0.2, -0.15) is 0 Å². The Kier molecular flexibility index (Phi) is 4.05. The minimum absolute atomic E-state index is 0.0452. The van der Waals surface area contributed by atoms with Crippen molar-refractivity contribution in [2.45, 2.75) is 33.2 Å². The zero-order chi connectivity index (χ0) is 16.7. The topological polar surface area (TPSA) is 41.6 Å². The average Bonchev–Trinajstić information content (AvgIpc) is 2.45. The summed E-state index contributed by atoms with van der Waals surface area (Å²) in [4.78, 5) is 14.2. The van der Waals surface area contributed by atoms with Crippen LogP contribution in [0.3, 0.4) is 0 Å². The third-order valence-corrected chi connectivity index (χ3v) is 4.16. The second-order valence-corrected chi connectivity index (χ2v) is 6.08. The van der Waals surface area contributed by atoms with Crippen molar-refractivity contribution >= 4 is 22.9 Å². The number of fused-ring (bicyclic) bond motifs is 1. The van der Waals surface area contributed by atoms with E-state index in [1.807, 2.05) is 53.0 Å². The number of nitrogens with one attached hydrogen (secondary N) is 1. The number of amides is 1. The van der Waals surface area contributed by atoms with Crippen LogP contribution in [0.1, 0.15) is 31.9 Å². The second kappa shape index (κ2) is 5.52. The van der Waals surface area contributed by atoms with Crippen LogP contribution in [0.25, 0.3) is 5.57 Å². The molecule has 1 aromatic carbocycles. The lowest BCUT2D eigenvalue weighted by molar-refractivity contribution is -0.121. The Hall–Kier alpha value is -2.23. The maximum atomic E-state index is 12.5. The molecular weight excluding hydrogens is 276 g/mol. The molecule has 2 rings (SSSR count). The van der Waals surface area contributed by atoms with Crippen LogP contribution < -0.4 is 10.2 Å². The number of anilines is 2. The Morgan fingerprint density at radius 2 is 2.05 bits per heavy atom. The number of methoxy groups -OCH3 is 1. The smallest absolute Gasteiger partial charge is 0.251 e. The zero-order valence-electron chi connectivity index (χ0n) is 14.2. The SMILES string of the molecule is C=C(/C(=C\C)OC)c1ccc2c(c1C)N(C)C(=O)C(C)(C)N2. The van der Waals surface area contributed by atoms with E-state index in [0.29, 0.717) is 0 Å². The van der Waals surface area contributed by atoms with Gasteiger partial charge in [-0.15, -0.1) is 0 Å². The van der Waals surface area contributed by atoms with Crippen LogP contribution in [0.15, 0.2) is 30.5 Å². The molecule has 0 spiro atoms. The van der Waals surface area contributed by atoms with Gasteiger partial charge in [-0.3, -0.25) is 4.79 Å². The molecule has 1 aliphatic heterocycles. The van der Waals surface area contributed by atoms with Crippen LogP contribution in [0.4, 0.5) is 11.4 Å². The van der Waals surface area contributed by atoms with Gasteiger partial charge in [-0.1, -0.05) is 12.6 Å². The number of likely N-dealkylation sites (N-methyl/N-ethyl adjacent to an activating group) is 1. The molecule has 0 saturated carbocycles. The molecule has 0 fully saturated rings. The van der Waals surface area contributed by atoms with Crippen molar-refractivity contribution in [3.05, 3.63) is 41.7 Å². The molecule has 1 aliphatic rings. The first kappa shape index (κ1) is 16.1.